The fourth-order valence-corrected chi connectivity index (χ4v) is 0.586. The second kappa shape index (κ2) is 3.13. The second-order valence-corrected chi connectivity index (χ2v) is 2.56. The summed E-state index contributed by atoms with van der Waals surface area (Å²) < 4.78 is 27.8. The molecule has 1 atom stereocenters. The highest BCUT2D eigenvalue weighted by molar-refractivity contribution is 6.20. The molecule has 0 aliphatic rings. The van der Waals surface area contributed by atoms with E-state index >= 15 is 0 Å². The Balaban J connectivity index is 2.82. The average molecular weight is 183 g/mol. The summed E-state index contributed by atoms with van der Waals surface area (Å²) in [4.78, 5) is 3.35. The summed E-state index contributed by atoms with van der Waals surface area (Å²) >= 11 is 5.49. The molecule has 1 rings (SSSR count). The van der Waals surface area contributed by atoms with E-state index in [1.54, 1.807) is 6.92 Å². The lowest BCUT2D eigenvalue weighted by Gasteiger charge is -1.89. The number of aromatic nitrogens is 2. The zero-order valence-electron chi connectivity index (χ0n) is 5.59. The first kappa shape index (κ1) is 8.39. The van der Waals surface area contributed by atoms with Crippen molar-refractivity contribution in [3.8, 4) is 0 Å². The van der Waals surface area contributed by atoms with Crippen LogP contribution in [0.4, 0.5) is 8.78 Å². The normalized spacial score (nSPS) is 13.9. The Morgan fingerprint density at radius 2 is 2.18 bits per heavy atom. The van der Waals surface area contributed by atoms with Gasteiger partial charge in [-0.3, -0.25) is 0 Å². The van der Waals surface area contributed by atoms with Crippen LogP contribution >= 0.6 is 11.6 Å². The van der Waals surface area contributed by atoms with Gasteiger partial charge in [-0.05, 0) is 6.92 Å². The topological polar surface area (TPSA) is 38.9 Å². The molecule has 0 saturated carbocycles. The van der Waals surface area contributed by atoms with Gasteiger partial charge in [0.15, 0.2) is 5.82 Å². The van der Waals surface area contributed by atoms with E-state index in [-0.39, 0.29) is 5.82 Å². The van der Waals surface area contributed by atoms with Crippen molar-refractivity contribution in [1.82, 2.24) is 10.1 Å². The quantitative estimate of drug-likeness (QED) is 0.659. The van der Waals surface area contributed by atoms with E-state index < -0.39 is 17.7 Å². The molecule has 1 heterocycles. The molecular formula is C5H5ClF2N2O. The number of hydrogen-bond donors (Lipinski definition) is 0. The third-order valence-corrected chi connectivity index (χ3v) is 1.20. The van der Waals surface area contributed by atoms with Crippen LogP contribution in [0.5, 0.6) is 0 Å². The lowest BCUT2D eigenvalue weighted by atomic mass is 10.4. The van der Waals surface area contributed by atoms with Crippen LogP contribution in [-0.2, 0) is 0 Å². The number of halogens is 3. The van der Waals surface area contributed by atoms with E-state index in [2.05, 4.69) is 14.7 Å². The predicted octanol–water partition coefficient (Wildman–Crippen LogP) is 2.31. The molecule has 0 N–H and O–H groups in total. The van der Waals surface area contributed by atoms with Gasteiger partial charge in [0.05, 0.1) is 5.38 Å². The maximum Gasteiger partial charge on any atom is 0.315 e. The lowest BCUT2D eigenvalue weighted by molar-refractivity contribution is 0.106. The van der Waals surface area contributed by atoms with Crippen molar-refractivity contribution in [1.29, 1.82) is 0 Å². The fourth-order valence-electron chi connectivity index (χ4n) is 0.497. The summed E-state index contributed by atoms with van der Waals surface area (Å²) in [6.07, 6.45) is -2.73. The Bertz CT molecular complexity index is 216. The molecule has 1 aromatic heterocycles. The number of hydrogen-bond acceptors (Lipinski definition) is 3. The van der Waals surface area contributed by atoms with Gasteiger partial charge < -0.3 is 4.52 Å². The predicted molar refractivity (Wildman–Crippen MR) is 33.5 cm³/mol. The molecule has 0 fully saturated rings. The van der Waals surface area contributed by atoms with Crippen LogP contribution < -0.4 is 0 Å². The van der Waals surface area contributed by atoms with Gasteiger partial charge in [0, 0.05) is 0 Å². The van der Waals surface area contributed by atoms with Crippen LogP contribution in [0.1, 0.15) is 30.4 Å². The highest BCUT2D eigenvalue weighted by Gasteiger charge is 2.18. The molecule has 0 aliphatic carbocycles. The lowest BCUT2D eigenvalue weighted by Crippen LogP contribution is -1.88. The molecule has 6 heteroatoms. The maximum absolute atomic E-state index is 11.8. The molecule has 1 unspecified atom stereocenters. The largest absolute Gasteiger partial charge is 0.333 e. The molecule has 62 valence electrons. The van der Waals surface area contributed by atoms with E-state index in [4.69, 9.17) is 11.6 Å². The van der Waals surface area contributed by atoms with Crippen LogP contribution in [0.3, 0.4) is 0 Å². The highest BCUT2D eigenvalue weighted by Crippen LogP contribution is 2.20. The van der Waals surface area contributed by atoms with Crippen LogP contribution in [0.2, 0.25) is 0 Å². The van der Waals surface area contributed by atoms with Gasteiger partial charge in [-0.25, -0.2) is 0 Å². The van der Waals surface area contributed by atoms with Crippen LogP contribution in [0.15, 0.2) is 4.52 Å². The molecule has 1 aromatic rings. The summed E-state index contributed by atoms with van der Waals surface area (Å²) in [5, 5.41) is 2.73. The van der Waals surface area contributed by atoms with Crippen molar-refractivity contribution >= 4 is 11.6 Å². The summed E-state index contributed by atoms with van der Waals surface area (Å²) in [7, 11) is 0. The van der Waals surface area contributed by atoms with E-state index in [0.29, 0.717) is 0 Å². The molecule has 0 amide bonds. The molecule has 3 nitrogen and oxygen atoms in total. The van der Waals surface area contributed by atoms with Gasteiger partial charge in [0.2, 0.25) is 0 Å². The van der Waals surface area contributed by atoms with Crippen molar-refractivity contribution in [2.75, 3.05) is 0 Å². The van der Waals surface area contributed by atoms with Crippen molar-refractivity contribution < 1.29 is 13.3 Å². The zero-order chi connectivity index (χ0) is 8.43. The Labute approximate surface area is 66.3 Å². The molecule has 0 aromatic carbocycles. The Morgan fingerprint density at radius 3 is 2.45 bits per heavy atom. The van der Waals surface area contributed by atoms with Crippen LogP contribution in [0, 0.1) is 0 Å². The van der Waals surface area contributed by atoms with E-state index in [1.165, 1.54) is 0 Å². The summed E-state index contributed by atoms with van der Waals surface area (Å²) in [6, 6.07) is 0. The molecule has 11 heavy (non-hydrogen) atoms. The van der Waals surface area contributed by atoms with Crippen molar-refractivity contribution in [2.24, 2.45) is 0 Å². The Morgan fingerprint density at radius 1 is 1.55 bits per heavy atom. The monoisotopic (exact) mass is 182 g/mol. The van der Waals surface area contributed by atoms with Gasteiger partial charge in [-0.1, -0.05) is 5.16 Å². The smallest absolute Gasteiger partial charge is 0.315 e. The maximum atomic E-state index is 11.8. The third-order valence-electron chi connectivity index (χ3n) is 1.000. The number of nitrogens with zero attached hydrogens (tertiary/aromatic N) is 2. The minimum Gasteiger partial charge on any atom is -0.333 e. The SMILES string of the molecule is CC(Cl)c1noc(C(F)F)n1. The molecule has 0 bridgehead atoms. The minimum absolute atomic E-state index is 0.0852. The molecular weight excluding hydrogens is 178 g/mol. The zero-order valence-corrected chi connectivity index (χ0v) is 6.35. The Hall–Kier alpha value is -0.710. The van der Waals surface area contributed by atoms with Crippen LogP contribution in [-0.4, -0.2) is 10.1 Å². The number of alkyl halides is 3. The molecule has 0 spiro atoms. The van der Waals surface area contributed by atoms with Crippen molar-refractivity contribution in [3.63, 3.8) is 0 Å². The first-order valence-corrected chi connectivity index (χ1v) is 3.30. The van der Waals surface area contributed by atoms with Gasteiger partial charge in [0.25, 0.3) is 5.89 Å². The van der Waals surface area contributed by atoms with E-state index in [9.17, 15) is 8.78 Å². The van der Waals surface area contributed by atoms with Crippen LogP contribution in [0.25, 0.3) is 0 Å². The van der Waals surface area contributed by atoms with Gasteiger partial charge in [-0.15, -0.1) is 11.6 Å². The van der Waals surface area contributed by atoms with Crippen molar-refractivity contribution in [2.45, 2.75) is 18.7 Å². The first-order chi connectivity index (χ1) is 5.11. The molecule has 0 radical (unpaired) electrons. The van der Waals surface area contributed by atoms with E-state index in [0.717, 1.165) is 0 Å². The van der Waals surface area contributed by atoms with Gasteiger partial charge in [-0.2, -0.15) is 13.8 Å². The minimum atomic E-state index is -2.73. The first-order valence-electron chi connectivity index (χ1n) is 2.87. The standard InChI is InChI=1S/C5H5ClF2N2O/c1-2(6)4-9-5(3(7)8)11-10-4/h2-3H,1H3. The van der Waals surface area contributed by atoms with Crippen molar-refractivity contribution in [3.05, 3.63) is 11.7 Å². The van der Waals surface area contributed by atoms with E-state index in [1.807, 2.05) is 0 Å². The summed E-state index contributed by atoms with van der Waals surface area (Å²) in [6.45, 7) is 1.57. The highest BCUT2D eigenvalue weighted by atomic mass is 35.5. The van der Waals surface area contributed by atoms with Gasteiger partial charge >= 0.3 is 6.43 Å². The fraction of sp³-hybridized carbons (Fsp3) is 0.600. The Kier molecular flexibility index (Phi) is 2.38. The number of rotatable bonds is 2. The molecule has 0 saturated heterocycles. The average Bonchev–Trinajstić information content (AvgIpc) is 2.33. The molecule has 0 aliphatic heterocycles. The third kappa shape index (κ3) is 1.86. The summed E-state index contributed by atoms with van der Waals surface area (Å²) in [5.41, 5.74) is 0. The summed E-state index contributed by atoms with van der Waals surface area (Å²) in [5.74, 6) is -0.602. The second-order valence-electron chi connectivity index (χ2n) is 1.91. The van der Waals surface area contributed by atoms with Gasteiger partial charge in [0.1, 0.15) is 0 Å².